The fraction of sp³-hybridized carbons (Fsp3) is 0.522. The van der Waals surface area contributed by atoms with Gasteiger partial charge in [0, 0.05) is 17.2 Å². The van der Waals surface area contributed by atoms with Crippen molar-refractivity contribution in [3.05, 3.63) is 47.7 Å². The molecule has 5 heteroatoms. The first-order valence-corrected chi connectivity index (χ1v) is 10.2. The summed E-state index contributed by atoms with van der Waals surface area (Å²) in [6.07, 6.45) is 4.04. The molecule has 3 aliphatic heterocycles. The summed E-state index contributed by atoms with van der Waals surface area (Å²) in [5.74, 6) is 0. The van der Waals surface area contributed by atoms with Crippen LogP contribution in [0.15, 0.2) is 36.5 Å². The molecule has 3 aliphatic rings. The van der Waals surface area contributed by atoms with E-state index in [1.165, 1.54) is 11.1 Å². The predicted molar refractivity (Wildman–Crippen MR) is 110 cm³/mol. The van der Waals surface area contributed by atoms with Crippen LogP contribution < -0.4 is 5.46 Å². The Hall–Kier alpha value is -1.69. The summed E-state index contributed by atoms with van der Waals surface area (Å²) in [6.45, 7) is 12.7. The van der Waals surface area contributed by atoms with E-state index in [1.54, 1.807) is 0 Å². The third kappa shape index (κ3) is 2.46. The topological polar surface area (TPSA) is 40.6 Å². The monoisotopic (exact) mass is 377 g/mol. The number of aromatic nitrogens is 1. The summed E-state index contributed by atoms with van der Waals surface area (Å²) in [7, 11) is -0.380. The van der Waals surface area contributed by atoms with Crippen molar-refractivity contribution >= 4 is 12.6 Å². The Balaban J connectivity index is 1.44. The average Bonchev–Trinajstić information content (AvgIpc) is 3.16. The van der Waals surface area contributed by atoms with Gasteiger partial charge in [0.1, 0.15) is 0 Å². The summed E-state index contributed by atoms with van der Waals surface area (Å²) >= 11 is 0. The lowest BCUT2D eigenvalue weighted by atomic mass is 9.77. The first-order valence-electron chi connectivity index (χ1n) is 10.2. The molecular weight excluding hydrogens is 349 g/mol. The largest absolute Gasteiger partial charge is 0.496 e. The average molecular weight is 377 g/mol. The van der Waals surface area contributed by atoms with Gasteiger partial charge < -0.3 is 14.0 Å². The zero-order chi connectivity index (χ0) is 19.9. The summed E-state index contributed by atoms with van der Waals surface area (Å²) in [6, 6.07) is 10.8. The Labute approximate surface area is 167 Å². The van der Waals surface area contributed by atoms with Crippen molar-refractivity contribution < 1.29 is 14.0 Å². The molecule has 2 fully saturated rings. The van der Waals surface area contributed by atoms with E-state index in [4.69, 9.17) is 19.0 Å². The van der Waals surface area contributed by atoms with Crippen LogP contribution >= 0.6 is 0 Å². The molecule has 1 aromatic heterocycles. The van der Waals surface area contributed by atoms with Crippen LogP contribution in [0.5, 0.6) is 0 Å². The molecule has 1 aromatic carbocycles. The van der Waals surface area contributed by atoms with Gasteiger partial charge in [-0.25, -0.2) is 0 Å². The Kier molecular flexibility index (Phi) is 3.58. The van der Waals surface area contributed by atoms with Gasteiger partial charge in [-0.2, -0.15) is 0 Å². The fourth-order valence-corrected chi connectivity index (χ4v) is 4.75. The second kappa shape index (κ2) is 5.47. The van der Waals surface area contributed by atoms with Gasteiger partial charge in [-0.05, 0) is 77.6 Å². The molecule has 0 saturated carbocycles. The van der Waals surface area contributed by atoms with Crippen molar-refractivity contribution in [3.8, 4) is 11.3 Å². The molecular formula is C23H28BNO3. The second-order valence-corrected chi connectivity index (χ2v) is 9.89. The number of nitrogens with zero attached hydrogens (tertiary/aromatic N) is 1. The molecule has 5 rings (SSSR count). The Morgan fingerprint density at radius 1 is 0.821 bits per heavy atom. The summed E-state index contributed by atoms with van der Waals surface area (Å²) in [4.78, 5) is 4.72. The molecule has 0 amide bonds. The van der Waals surface area contributed by atoms with Crippen LogP contribution in [-0.4, -0.2) is 23.3 Å². The maximum atomic E-state index is 6.38. The van der Waals surface area contributed by atoms with E-state index in [-0.39, 0.29) is 29.5 Å². The highest BCUT2D eigenvalue weighted by atomic mass is 16.7. The molecule has 0 radical (unpaired) electrons. The fourth-order valence-electron chi connectivity index (χ4n) is 4.75. The number of benzene rings is 1. The minimum absolute atomic E-state index is 0.128. The zero-order valence-corrected chi connectivity index (χ0v) is 17.6. The summed E-state index contributed by atoms with van der Waals surface area (Å²) in [5, 5.41) is 0. The number of fused-ring (bicyclic) bond motifs is 5. The van der Waals surface area contributed by atoms with Crippen LogP contribution in [-0.2, 0) is 25.2 Å². The van der Waals surface area contributed by atoms with Crippen molar-refractivity contribution in [1.82, 2.24) is 4.98 Å². The number of ether oxygens (including phenoxy) is 1. The zero-order valence-electron chi connectivity index (χ0n) is 17.6. The van der Waals surface area contributed by atoms with E-state index in [0.29, 0.717) is 0 Å². The quantitative estimate of drug-likeness (QED) is 0.732. The molecule has 28 heavy (non-hydrogen) atoms. The highest BCUT2D eigenvalue weighted by Crippen LogP contribution is 2.58. The lowest BCUT2D eigenvalue weighted by molar-refractivity contribution is -0.0662. The molecule has 2 unspecified atom stereocenters. The Morgan fingerprint density at radius 3 is 2.07 bits per heavy atom. The normalized spacial score (nSPS) is 32.0. The maximum Gasteiger partial charge on any atom is 0.496 e. The summed E-state index contributed by atoms with van der Waals surface area (Å²) in [5.41, 5.74) is 4.70. The van der Waals surface area contributed by atoms with Crippen LogP contribution in [0.3, 0.4) is 0 Å². The van der Waals surface area contributed by atoms with E-state index in [2.05, 4.69) is 71.9 Å². The van der Waals surface area contributed by atoms with E-state index in [9.17, 15) is 0 Å². The van der Waals surface area contributed by atoms with Crippen molar-refractivity contribution in [2.24, 2.45) is 0 Å². The Bertz CT molecular complexity index is 939. The molecule has 0 aliphatic carbocycles. The smallest absolute Gasteiger partial charge is 0.399 e. The van der Waals surface area contributed by atoms with Gasteiger partial charge in [0.25, 0.3) is 0 Å². The van der Waals surface area contributed by atoms with Gasteiger partial charge >= 0.3 is 7.12 Å². The highest BCUT2D eigenvalue weighted by Gasteiger charge is 2.54. The van der Waals surface area contributed by atoms with Crippen LogP contribution in [0.1, 0.15) is 65.5 Å². The first-order chi connectivity index (χ1) is 13.0. The number of hydrogen-bond acceptors (Lipinski definition) is 4. The SMILES string of the molecule is CC12CCC(C)(O1)c1cc(-c3ccc(B4OC(C)(C)C(C)(C)O4)cn3)ccc12. The standard InChI is InChI=1S/C23H28BNO3/c1-20(2)21(3,4)28-24(27-20)16-8-10-19(25-14-16)15-7-9-17-18(13-15)23(6)12-11-22(17,5)26-23/h7-10,13-14H,11-12H2,1-6H3. The number of rotatable bonds is 2. The third-order valence-corrected chi connectivity index (χ3v) is 7.30. The molecule has 2 bridgehead atoms. The third-order valence-electron chi connectivity index (χ3n) is 7.30. The molecule has 146 valence electrons. The van der Waals surface area contributed by atoms with E-state index in [0.717, 1.165) is 29.6 Å². The van der Waals surface area contributed by atoms with Gasteiger partial charge in [0.15, 0.2) is 0 Å². The van der Waals surface area contributed by atoms with Crippen LogP contribution in [0.2, 0.25) is 0 Å². The molecule has 0 N–H and O–H groups in total. The molecule has 2 saturated heterocycles. The number of pyridine rings is 1. The lowest BCUT2D eigenvalue weighted by Gasteiger charge is -2.32. The van der Waals surface area contributed by atoms with Gasteiger partial charge in [0.05, 0.1) is 28.1 Å². The summed E-state index contributed by atoms with van der Waals surface area (Å²) < 4.78 is 18.7. The van der Waals surface area contributed by atoms with Crippen molar-refractivity contribution in [3.63, 3.8) is 0 Å². The molecule has 2 atom stereocenters. The van der Waals surface area contributed by atoms with E-state index < -0.39 is 0 Å². The second-order valence-electron chi connectivity index (χ2n) is 9.89. The molecule has 0 spiro atoms. The van der Waals surface area contributed by atoms with Gasteiger partial charge in [-0.15, -0.1) is 0 Å². The van der Waals surface area contributed by atoms with Crippen LogP contribution in [0.4, 0.5) is 0 Å². The van der Waals surface area contributed by atoms with Gasteiger partial charge in [-0.1, -0.05) is 18.2 Å². The minimum atomic E-state index is -0.380. The van der Waals surface area contributed by atoms with Crippen molar-refractivity contribution in [2.45, 2.75) is 76.8 Å². The minimum Gasteiger partial charge on any atom is -0.399 e. The molecule has 4 nitrogen and oxygen atoms in total. The van der Waals surface area contributed by atoms with E-state index in [1.807, 2.05) is 6.20 Å². The van der Waals surface area contributed by atoms with Crippen LogP contribution in [0, 0.1) is 0 Å². The van der Waals surface area contributed by atoms with Crippen molar-refractivity contribution in [2.75, 3.05) is 0 Å². The van der Waals surface area contributed by atoms with Crippen LogP contribution in [0.25, 0.3) is 11.3 Å². The number of hydrogen-bond donors (Lipinski definition) is 0. The predicted octanol–water partition coefficient (Wildman–Crippen LogP) is 4.30. The van der Waals surface area contributed by atoms with E-state index >= 15 is 0 Å². The maximum absolute atomic E-state index is 6.38. The van der Waals surface area contributed by atoms with Crippen molar-refractivity contribution in [1.29, 1.82) is 0 Å². The molecule has 4 heterocycles. The Morgan fingerprint density at radius 2 is 1.46 bits per heavy atom. The molecule has 2 aromatic rings. The lowest BCUT2D eigenvalue weighted by Crippen LogP contribution is -2.41. The van der Waals surface area contributed by atoms with Gasteiger partial charge in [-0.3, -0.25) is 4.98 Å². The van der Waals surface area contributed by atoms with Gasteiger partial charge in [0.2, 0.25) is 0 Å². The highest BCUT2D eigenvalue weighted by molar-refractivity contribution is 6.62. The first kappa shape index (κ1) is 18.4.